The van der Waals surface area contributed by atoms with Crippen molar-refractivity contribution < 1.29 is 32.3 Å². The second-order valence-electron chi connectivity index (χ2n) is 10.7. The highest BCUT2D eigenvalue weighted by atomic mass is 19.4. The number of alkyl halides is 3. The molecule has 8 nitrogen and oxygen atoms in total. The Kier molecular flexibility index (Phi) is 7.82. The maximum atomic E-state index is 13.8. The first-order valence-electron chi connectivity index (χ1n) is 13.5. The van der Waals surface area contributed by atoms with Gasteiger partial charge in [0.05, 0.1) is 17.5 Å². The number of carbonyl (C=O) groups excluding carboxylic acids is 3. The molecule has 11 heteroatoms. The van der Waals surface area contributed by atoms with E-state index in [2.05, 4.69) is 5.32 Å². The van der Waals surface area contributed by atoms with Crippen molar-refractivity contribution in [3.8, 4) is 5.75 Å². The average molecular weight is 557 g/mol. The summed E-state index contributed by atoms with van der Waals surface area (Å²) in [7, 11) is 0. The lowest BCUT2D eigenvalue weighted by Gasteiger charge is -2.31. The molecule has 2 aromatic rings. The van der Waals surface area contributed by atoms with E-state index in [9.17, 15) is 27.6 Å². The number of nitrogens with one attached hydrogen (secondary N) is 1. The van der Waals surface area contributed by atoms with Crippen molar-refractivity contribution in [2.45, 2.75) is 63.4 Å². The molecule has 212 valence electrons. The Morgan fingerprint density at radius 1 is 1.07 bits per heavy atom. The fraction of sp³-hybridized carbons (Fsp3) is 0.448. The van der Waals surface area contributed by atoms with Crippen molar-refractivity contribution in [1.29, 1.82) is 0 Å². The molecule has 40 heavy (non-hydrogen) atoms. The molecule has 0 saturated heterocycles. The van der Waals surface area contributed by atoms with Crippen molar-refractivity contribution in [2.24, 2.45) is 22.6 Å². The summed E-state index contributed by atoms with van der Waals surface area (Å²) in [6.45, 7) is 0.131. The molecule has 1 unspecified atom stereocenters. The van der Waals surface area contributed by atoms with Gasteiger partial charge in [-0.1, -0.05) is 42.5 Å². The van der Waals surface area contributed by atoms with Crippen LogP contribution in [-0.4, -0.2) is 53.3 Å². The van der Waals surface area contributed by atoms with Crippen LogP contribution in [0.4, 0.5) is 18.9 Å². The average Bonchev–Trinajstić information content (AvgIpc) is 3.82. The predicted octanol–water partition coefficient (Wildman–Crippen LogP) is 4.42. The van der Waals surface area contributed by atoms with Crippen LogP contribution in [0.2, 0.25) is 0 Å². The number of aliphatic imine (C=N–C) groups is 1. The number of hydrogen-bond donors (Lipinski definition) is 2. The second-order valence-corrected chi connectivity index (χ2v) is 10.7. The Labute approximate surface area is 229 Å². The number of halogens is 3. The fourth-order valence-corrected chi connectivity index (χ4v) is 4.81. The van der Waals surface area contributed by atoms with Crippen LogP contribution >= 0.6 is 0 Å². The SMILES string of the molecule is NC(=O)CC(CCC(F)(F)F)C(=O)N(CC1CC1)[C@@H]1N=C(c2ccccc2)c2cccc(OC3CC3)c2NC1=O. The first-order chi connectivity index (χ1) is 19.1. The van der Waals surface area contributed by atoms with E-state index in [-0.39, 0.29) is 18.6 Å². The molecule has 2 aromatic carbocycles. The van der Waals surface area contributed by atoms with Crippen LogP contribution in [-0.2, 0) is 14.4 Å². The van der Waals surface area contributed by atoms with Crippen molar-refractivity contribution >= 4 is 29.1 Å². The molecule has 3 aliphatic rings. The van der Waals surface area contributed by atoms with Gasteiger partial charge in [-0.25, -0.2) is 4.99 Å². The number of fused-ring (bicyclic) bond motifs is 1. The Morgan fingerprint density at radius 2 is 1.80 bits per heavy atom. The van der Waals surface area contributed by atoms with Gasteiger partial charge in [0.15, 0.2) is 0 Å². The highest BCUT2D eigenvalue weighted by Gasteiger charge is 2.41. The summed E-state index contributed by atoms with van der Waals surface area (Å²) < 4.78 is 45.3. The number of amides is 3. The van der Waals surface area contributed by atoms with E-state index < -0.39 is 55.2 Å². The van der Waals surface area contributed by atoms with Gasteiger partial charge in [0, 0.05) is 36.4 Å². The zero-order valence-corrected chi connectivity index (χ0v) is 21.8. The third-order valence-corrected chi connectivity index (χ3v) is 7.18. The van der Waals surface area contributed by atoms with Gasteiger partial charge in [0.2, 0.25) is 18.0 Å². The summed E-state index contributed by atoms with van der Waals surface area (Å²) in [5.41, 5.74) is 7.48. The summed E-state index contributed by atoms with van der Waals surface area (Å²) in [5, 5.41) is 2.89. The summed E-state index contributed by atoms with van der Waals surface area (Å²) in [4.78, 5) is 45.4. The largest absolute Gasteiger partial charge is 0.488 e. The maximum absolute atomic E-state index is 13.8. The molecule has 0 radical (unpaired) electrons. The monoisotopic (exact) mass is 556 g/mol. The number of rotatable bonds is 11. The van der Waals surface area contributed by atoms with Gasteiger partial charge in [-0.2, -0.15) is 13.2 Å². The van der Waals surface area contributed by atoms with Crippen molar-refractivity contribution in [2.75, 3.05) is 11.9 Å². The van der Waals surface area contributed by atoms with E-state index in [1.54, 1.807) is 18.2 Å². The lowest BCUT2D eigenvalue weighted by atomic mass is 9.96. The lowest BCUT2D eigenvalue weighted by molar-refractivity contribution is -0.150. The number of benzene rings is 2. The molecular weight excluding hydrogens is 525 g/mol. The number of nitrogens with zero attached hydrogens (tertiary/aromatic N) is 2. The summed E-state index contributed by atoms with van der Waals surface area (Å²) in [5.74, 6) is -3.01. The van der Waals surface area contributed by atoms with E-state index in [1.165, 1.54) is 4.90 Å². The van der Waals surface area contributed by atoms with E-state index >= 15 is 0 Å². The number of nitrogens with two attached hydrogens (primary N) is 1. The number of anilines is 1. The Morgan fingerprint density at radius 3 is 2.42 bits per heavy atom. The summed E-state index contributed by atoms with van der Waals surface area (Å²) in [6.07, 6.45) is -4.82. The number of para-hydroxylation sites is 1. The van der Waals surface area contributed by atoms with Gasteiger partial charge < -0.3 is 20.7 Å². The molecule has 1 heterocycles. The fourth-order valence-electron chi connectivity index (χ4n) is 4.81. The number of primary amides is 1. The molecule has 2 saturated carbocycles. The highest BCUT2D eigenvalue weighted by Crippen LogP contribution is 2.38. The van der Waals surface area contributed by atoms with E-state index in [0.29, 0.717) is 28.3 Å². The lowest BCUT2D eigenvalue weighted by Crippen LogP contribution is -2.50. The van der Waals surface area contributed by atoms with E-state index in [4.69, 9.17) is 15.5 Å². The molecular formula is C29H31F3N4O4. The van der Waals surface area contributed by atoms with Crippen LogP contribution in [0, 0.1) is 11.8 Å². The van der Waals surface area contributed by atoms with Crippen LogP contribution in [0.3, 0.4) is 0 Å². The van der Waals surface area contributed by atoms with Crippen molar-refractivity contribution in [1.82, 2.24) is 4.90 Å². The minimum Gasteiger partial charge on any atom is -0.488 e. The van der Waals surface area contributed by atoms with Gasteiger partial charge in [0.1, 0.15) is 5.75 Å². The van der Waals surface area contributed by atoms with E-state index in [0.717, 1.165) is 25.7 Å². The number of carbonyl (C=O) groups is 3. The molecule has 5 rings (SSSR count). The molecule has 0 aromatic heterocycles. The van der Waals surface area contributed by atoms with Gasteiger partial charge in [0.25, 0.3) is 5.91 Å². The highest BCUT2D eigenvalue weighted by molar-refractivity contribution is 6.20. The van der Waals surface area contributed by atoms with Crippen molar-refractivity contribution in [3.63, 3.8) is 0 Å². The van der Waals surface area contributed by atoms with Gasteiger partial charge in [-0.05, 0) is 44.1 Å². The van der Waals surface area contributed by atoms with Gasteiger partial charge in [-0.3, -0.25) is 14.4 Å². The van der Waals surface area contributed by atoms with E-state index in [1.807, 2.05) is 30.3 Å². The van der Waals surface area contributed by atoms with Crippen LogP contribution < -0.4 is 15.8 Å². The number of hydrogen-bond acceptors (Lipinski definition) is 5. The number of benzodiazepines with no additional fused rings is 1. The molecule has 2 atom stereocenters. The zero-order chi connectivity index (χ0) is 28.4. The maximum Gasteiger partial charge on any atom is 0.389 e. The third-order valence-electron chi connectivity index (χ3n) is 7.18. The molecule has 3 amide bonds. The topological polar surface area (TPSA) is 114 Å². The molecule has 2 fully saturated rings. The molecule has 1 aliphatic heterocycles. The smallest absolute Gasteiger partial charge is 0.389 e. The van der Waals surface area contributed by atoms with Crippen LogP contribution in [0.1, 0.15) is 56.1 Å². The normalized spacial score (nSPS) is 19.5. The summed E-state index contributed by atoms with van der Waals surface area (Å²) >= 11 is 0. The minimum atomic E-state index is -4.52. The third kappa shape index (κ3) is 6.81. The first-order valence-corrected chi connectivity index (χ1v) is 13.5. The molecule has 0 spiro atoms. The van der Waals surface area contributed by atoms with Gasteiger partial charge in [-0.15, -0.1) is 0 Å². The Balaban J connectivity index is 1.56. The standard InChI is InChI=1S/C29H31F3N4O4/c30-29(31,32)14-13-19(15-23(33)37)28(39)36(16-17-9-10-17)26-27(38)35-25-21(7-4-8-22(25)40-20-11-12-20)24(34-26)18-5-2-1-3-6-18/h1-8,17,19-20,26H,9-16H2,(H2,33,37)(H,35,38)/t19?,26-/m0/s1. The first kappa shape index (κ1) is 27.7. The van der Waals surface area contributed by atoms with Crippen LogP contribution in [0.25, 0.3) is 0 Å². The van der Waals surface area contributed by atoms with Gasteiger partial charge >= 0.3 is 6.18 Å². The predicted molar refractivity (Wildman–Crippen MR) is 142 cm³/mol. The van der Waals surface area contributed by atoms with Crippen molar-refractivity contribution in [3.05, 3.63) is 59.7 Å². The molecule has 3 N–H and O–H groups in total. The zero-order valence-electron chi connectivity index (χ0n) is 21.8. The molecule has 2 aliphatic carbocycles. The van der Waals surface area contributed by atoms with Crippen LogP contribution in [0.15, 0.2) is 53.5 Å². The Bertz CT molecular complexity index is 1310. The molecule has 0 bridgehead atoms. The second kappa shape index (κ2) is 11.3. The number of ether oxygens (including phenoxy) is 1. The summed E-state index contributed by atoms with van der Waals surface area (Å²) in [6, 6.07) is 14.5. The quantitative estimate of drug-likeness (QED) is 0.427. The van der Waals surface area contributed by atoms with Crippen LogP contribution in [0.5, 0.6) is 5.75 Å². The Hall–Kier alpha value is -3.89. The minimum absolute atomic E-state index is 0.0516.